The van der Waals surface area contributed by atoms with Gasteiger partial charge in [0.25, 0.3) is 0 Å². The van der Waals surface area contributed by atoms with Crippen molar-refractivity contribution in [1.29, 1.82) is 5.26 Å². The van der Waals surface area contributed by atoms with Gasteiger partial charge >= 0.3 is 5.69 Å². The van der Waals surface area contributed by atoms with Gasteiger partial charge in [0.15, 0.2) is 0 Å². The monoisotopic (exact) mass is 275 g/mol. The van der Waals surface area contributed by atoms with Crippen LogP contribution in [0.2, 0.25) is 5.15 Å². The highest BCUT2D eigenvalue weighted by Gasteiger charge is 2.26. The molecule has 0 aliphatic heterocycles. The minimum Gasteiger partial charge on any atom is -0.449 e. The van der Waals surface area contributed by atoms with Crippen molar-refractivity contribution in [3.8, 4) is 17.6 Å². The largest absolute Gasteiger partial charge is 0.449 e. The average molecular weight is 276 g/mol. The van der Waals surface area contributed by atoms with E-state index in [1.54, 1.807) is 36.4 Å². The van der Waals surface area contributed by atoms with Crippen LogP contribution in [0.4, 0.5) is 5.69 Å². The number of hydrogen-bond donors (Lipinski definition) is 0. The molecular formula is C12H6ClN3O3. The first-order valence-corrected chi connectivity index (χ1v) is 5.47. The van der Waals surface area contributed by atoms with Crippen LogP contribution in [0.1, 0.15) is 5.56 Å². The molecule has 0 unspecified atom stereocenters. The van der Waals surface area contributed by atoms with Gasteiger partial charge in [-0.3, -0.25) is 10.1 Å². The number of nitrogens with zero attached hydrogens (tertiary/aromatic N) is 3. The standard InChI is InChI=1S/C12H6ClN3O3/c13-12-10(16(17)18)11(8(6-14)7-15-12)19-9-4-2-1-3-5-9/h1-5,7H. The molecule has 0 saturated heterocycles. The Morgan fingerprint density at radius 2 is 2.05 bits per heavy atom. The van der Waals surface area contributed by atoms with Gasteiger partial charge < -0.3 is 4.74 Å². The zero-order valence-corrected chi connectivity index (χ0v) is 10.2. The topological polar surface area (TPSA) is 89.0 Å². The molecule has 0 N–H and O–H groups in total. The van der Waals surface area contributed by atoms with Gasteiger partial charge in [-0.25, -0.2) is 4.98 Å². The summed E-state index contributed by atoms with van der Waals surface area (Å²) >= 11 is 5.68. The van der Waals surface area contributed by atoms with E-state index in [2.05, 4.69) is 4.98 Å². The number of pyridine rings is 1. The maximum Gasteiger partial charge on any atom is 0.349 e. The van der Waals surface area contributed by atoms with Crippen LogP contribution in [0.3, 0.4) is 0 Å². The summed E-state index contributed by atoms with van der Waals surface area (Å²) in [5, 5.41) is 19.6. The number of benzene rings is 1. The van der Waals surface area contributed by atoms with E-state index in [-0.39, 0.29) is 16.5 Å². The van der Waals surface area contributed by atoms with Gasteiger partial charge in [-0.05, 0) is 12.1 Å². The number of rotatable bonds is 3. The maximum atomic E-state index is 11.0. The van der Waals surface area contributed by atoms with E-state index in [9.17, 15) is 10.1 Å². The summed E-state index contributed by atoms with van der Waals surface area (Å²) in [7, 11) is 0. The summed E-state index contributed by atoms with van der Waals surface area (Å²) in [6.07, 6.45) is 1.13. The Morgan fingerprint density at radius 3 is 2.63 bits per heavy atom. The molecule has 0 saturated carbocycles. The van der Waals surface area contributed by atoms with E-state index < -0.39 is 10.6 Å². The smallest absolute Gasteiger partial charge is 0.349 e. The Morgan fingerprint density at radius 1 is 1.37 bits per heavy atom. The van der Waals surface area contributed by atoms with Gasteiger partial charge in [0.05, 0.1) is 11.1 Å². The van der Waals surface area contributed by atoms with Crippen LogP contribution in [0.5, 0.6) is 11.5 Å². The minimum atomic E-state index is -0.728. The first-order chi connectivity index (χ1) is 9.13. The lowest BCUT2D eigenvalue weighted by Gasteiger charge is -2.07. The molecule has 0 bridgehead atoms. The van der Waals surface area contributed by atoms with E-state index in [1.807, 2.05) is 0 Å². The van der Waals surface area contributed by atoms with Crippen LogP contribution in [-0.2, 0) is 0 Å². The van der Waals surface area contributed by atoms with Gasteiger partial charge in [-0.2, -0.15) is 5.26 Å². The van der Waals surface area contributed by atoms with Crippen molar-refractivity contribution < 1.29 is 9.66 Å². The molecule has 0 radical (unpaired) electrons. The molecule has 1 aromatic carbocycles. The third-order valence-corrected chi connectivity index (χ3v) is 2.50. The fraction of sp³-hybridized carbons (Fsp3) is 0. The highest BCUT2D eigenvalue weighted by Crippen LogP contribution is 2.38. The van der Waals surface area contributed by atoms with Gasteiger partial charge in [0.2, 0.25) is 10.9 Å². The van der Waals surface area contributed by atoms with Crippen molar-refractivity contribution in [2.75, 3.05) is 0 Å². The molecule has 2 rings (SSSR count). The van der Waals surface area contributed by atoms with Crippen molar-refractivity contribution in [2.45, 2.75) is 0 Å². The Bertz CT molecular complexity index is 668. The molecular weight excluding hydrogens is 270 g/mol. The molecule has 0 spiro atoms. The SMILES string of the molecule is N#Cc1cnc(Cl)c([N+](=O)[O-])c1Oc1ccccc1. The zero-order chi connectivity index (χ0) is 13.8. The average Bonchev–Trinajstić information content (AvgIpc) is 2.40. The van der Waals surface area contributed by atoms with E-state index in [0.717, 1.165) is 6.20 Å². The first-order valence-electron chi connectivity index (χ1n) is 5.09. The Labute approximate surface area is 113 Å². The molecule has 6 nitrogen and oxygen atoms in total. The zero-order valence-electron chi connectivity index (χ0n) is 9.41. The fourth-order valence-electron chi connectivity index (χ4n) is 1.41. The van der Waals surface area contributed by atoms with Crippen molar-refractivity contribution in [2.24, 2.45) is 0 Å². The number of ether oxygens (including phenoxy) is 1. The summed E-state index contributed by atoms with van der Waals surface area (Å²) in [4.78, 5) is 13.9. The molecule has 0 fully saturated rings. The first kappa shape index (κ1) is 12.8. The minimum absolute atomic E-state index is 0.0556. The maximum absolute atomic E-state index is 11.0. The highest BCUT2D eigenvalue weighted by atomic mass is 35.5. The Balaban J connectivity index is 2.57. The third kappa shape index (κ3) is 2.61. The molecule has 0 atom stereocenters. The lowest BCUT2D eigenvalue weighted by molar-refractivity contribution is -0.385. The number of halogens is 1. The lowest BCUT2D eigenvalue weighted by atomic mass is 10.2. The molecule has 0 aliphatic rings. The predicted molar refractivity (Wildman–Crippen MR) is 67.1 cm³/mol. The number of nitriles is 1. The molecule has 2 aromatic rings. The second kappa shape index (κ2) is 5.33. The second-order valence-corrected chi connectivity index (χ2v) is 3.78. The van der Waals surface area contributed by atoms with Crippen molar-refractivity contribution in [1.82, 2.24) is 4.98 Å². The number of aromatic nitrogens is 1. The van der Waals surface area contributed by atoms with E-state index in [1.165, 1.54) is 0 Å². The normalized spacial score (nSPS) is 9.68. The molecule has 7 heteroatoms. The van der Waals surface area contributed by atoms with Crippen molar-refractivity contribution in [3.05, 3.63) is 57.4 Å². The molecule has 0 aliphatic carbocycles. The Hall–Kier alpha value is -2.65. The van der Waals surface area contributed by atoms with Crippen LogP contribution in [0, 0.1) is 21.4 Å². The van der Waals surface area contributed by atoms with Crippen LogP contribution in [-0.4, -0.2) is 9.91 Å². The van der Waals surface area contributed by atoms with E-state index in [4.69, 9.17) is 21.6 Å². The second-order valence-electron chi connectivity index (χ2n) is 3.42. The summed E-state index contributed by atoms with van der Waals surface area (Å²) in [6, 6.07) is 10.2. The number of nitro groups is 1. The van der Waals surface area contributed by atoms with Crippen molar-refractivity contribution >= 4 is 17.3 Å². The fourth-order valence-corrected chi connectivity index (χ4v) is 1.61. The summed E-state index contributed by atoms with van der Waals surface area (Å²) in [6.45, 7) is 0. The van der Waals surface area contributed by atoms with Gasteiger partial charge in [0, 0.05) is 0 Å². The summed E-state index contributed by atoms with van der Waals surface area (Å²) in [5.74, 6) is 0.156. The van der Waals surface area contributed by atoms with Crippen molar-refractivity contribution in [3.63, 3.8) is 0 Å². The molecule has 19 heavy (non-hydrogen) atoms. The van der Waals surface area contributed by atoms with Crippen LogP contribution >= 0.6 is 11.6 Å². The van der Waals surface area contributed by atoms with Gasteiger partial charge in [0.1, 0.15) is 17.4 Å². The van der Waals surface area contributed by atoms with Crippen LogP contribution in [0.25, 0.3) is 0 Å². The molecule has 94 valence electrons. The Kier molecular flexibility index (Phi) is 3.59. The molecule has 1 heterocycles. The summed E-state index contributed by atoms with van der Waals surface area (Å²) in [5.41, 5.74) is -0.579. The van der Waals surface area contributed by atoms with Crippen LogP contribution < -0.4 is 4.74 Å². The lowest BCUT2D eigenvalue weighted by Crippen LogP contribution is -1.98. The van der Waals surface area contributed by atoms with Gasteiger partial charge in [-0.15, -0.1) is 0 Å². The van der Waals surface area contributed by atoms with E-state index in [0.29, 0.717) is 5.75 Å². The predicted octanol–water partition coefficient (Wildman–Crippen LogP) is 3.31. The third-order valence-electron chi connectivity index (χ3n) is 2.23. The molecule has 0 amide bonds. The number of para-hydroxylation sites is 1. The number of hydrogen-bond acceptors (Lipinski definition) is 5. The highest BCUT2D eigenvalue weighted by molar-refractivity contribution is 6.31. The summed E-state index contributed by atoms with van der Waals surface area (Å²) < 4.78 is 5.39. The van der Waals surface area contributed by atoms with Gasteiger partial charge in [-0.1, -0.05) is 29.8 Å². The van der Waals surface area contributed by atoms with Crippen LogP contribution in [0.15, 0.2) is 36.5 Å². The quantitative estimate of drug-likeness (QED) is 0.487. The molecule has 1 aromatic heterocycles. The van der Waals surface area contributed by atoms with E-state index >= 15 is 0 Å².